The average molecular weight is 375 g/mol. The van der Waals surface area contributed by atoms with Crippen molar-refractivity contribution in [2.75, 3.05) is 26.7 Å². The van der Waals surface area contributed by atoms with Gasteiger partial charge >= 0.3 is 0 Å². The van der Waals surface area contributed by atoms with Crippen LogP contribution in [-0.4, -0.2) is 57.5 Å². The number of hydrogen-bond donors (Lipinski definition) is 0. The lowest BCUT2D eigenvalue weighted by atomic mass is 9.77. The molecule has 142 valence electrons. The van der Waals surface area contributed by atoms with Gasteiger partial charge in [0.25, 0.3) is 5.91 Å². The van der Waals surface area contributed by atoms with Crippen molar-refractivity contribution in [1.82, 2.24) is 24.9 Å². The van der Waals surface area contributed by atoms with Gasteiger partial charge in [-0.3, -0.25) is 14.7 Å². The summed E-state index contributed by atoms with van der Waals surface area (Å²) in [6.07, 6.45) is 4.23. The van der Waals surface area contributed by atoms with Crippen LogP contribution in [0.1, 0.15) is 28.7 Å². The van der Waals surface area contributed by atoms with Crippen LogP contribution in [0.25, 0.3) is 11.4 Å². The average Bonchev–Trinajstić information content (AvgIpc) is 3.32. The van der Waals surface area contributed by atoms with Crippen LogP contribution in [0.5, 0.6) is 0 Å². The molecule has 4 heterocycles. The van der Waals surface area contributed by atoms with Gasteiger partial charge in [-0.1, -0.05) is 35.5 Å². The van der Waals surface area contributed by atoms with Crippen molar-refractivity contribution in [2.24, 2.45) is 5.41 Å². The van der Waals surface area contributed by atoms with Gasteiger partial charge in [-0.05, 0) is 25.6 Å². The van der Waals surface area contributed by atoms with E-state index >= 15 is 0 Å². The summed E-state index contributed by atoms with van der Waals surface area (Å²) in [6.45, 7) is 2.43. The van der Waals surface area contributed by atoms with Crippen LogP contribution >= 0.6 is 0 Å². The Kier molecular flexibility index (Phi) is 3.98. The van der Waals surface area contributed by atoms with Gasteiger partial charge in [0.2, 0.25) is 11.7 Å². The Morgan fingerprint density at radius 1 is 1.11 bits per heavy atom. The Bertz CT molecular complexity index is 982. The lowest BCUT2D eigenvalue weighted by Crippen LogP contribution is -2.59. The number of amides is 1. The van der Waals surface area contributed by atoms with Gasteiger partial charge < -0.3 is 9.42 Å². The zero-order valence-corrected chi connectivity index (χ0v) is 15.7. The molecular weight excluding hydrogens is 354 g/mol. The summed E-state index contributed by atoms with van der Waals surface area (Å²) in [5.74, 6) is 1.34. The van der Waals surface area contributed by atoms with E-state index in [1.54, 1.807) is 24.5 Å². The topological polar surface area (TPSA) is 75.4 Å². The van der Waals surface area contributed by atoms with E-state index in [9.17, 15) is 4.79 Å². The largest absolute Gasteiger partial charge is 0.337 e. The summed E-state index contributed by atoms with van der Waals surface area (Å²) in [4.78, 5) is 25.4. The number of rotatable bonds is 3. The Morgan fingerprint density at radius 2 is 1.86 bits per heavy atom. The van der Waals surface area contributed by atoms with E-state index in [-0.39, 0.29) is 17.4 Å². The number of carbonyl (C=O) groups is 1. The Balaban J connectivity index is 1.28. The van der Waals surface area contributed by atoms with Crippen LogP contribution in [0.4, 0.5) is 0 Å². The van der Waals surface area contributed by atoms with Crippen molar-refractivity contribution >= 4 is 5.91 Å². The first kappa shape index (κ1) is 17.1. The highest BCUT2D eigenvalue weighted by Gasteiger charge is 2.53. The van der Waals surface area contributed by atoms with E-state index in [1.165, 1.54) is 0 Å². The molecule has 0 unspecified atom stereocenters. The first-order valence-electron chi connectivity index (χ1n) is 9.42. The molecule has 3 aromatic rings. The fourth-order valence-electron chi connectivity index (χ4n) is 4.43. The molecule has 28 heavy (non-hydrogen) atoms. The molecule has 2 aromatic heterocycles. The summed E-state index contributed by atoms with van der Waals surface area (Å²) in [7, 11) is 2.08. The first-order chi connectivity index (χ1) is 13.6. The minimum atomic E-state index is 0.0725. The lowest BCUT2D eigenvalue weighted by molar-refractivity contribution is 0.0114. The fraction of sp³-hybridized carbons (Fsp3) is 0.333. The highest BCUT2D eigenvalue weighted by molar-refractivity contribution is 5.94. The molecule has 0 aliphatic carbocycles. The number of benzene rings is 1. The van der Waals surface area contributed by atoms with E-state index in [2.05, 4.69) is 27.1 Å². The second-order valence-corrected chi connectivity index (χ2v) is 7.85. The van der Waals surface area contributed by atoms with Crippen molar-refractivity contribution < 1.29 is 9.32 Å². The molecule has 7 nitrogen and oxygen atoms in total. The van der Waals surface area contributed by atoms with Crippen LogP contribution in [0.3, 0.4) is 0 Å². The van der Waals surface area contributed by atoms with Gasteiger partial charge in [0, 0.05) is 48.6 Å². The van der Waals surface area contributed by atoms with Gasteiger partial charge in [-0.25, -0.2) is 0 Å². The molecule has 1 spiro atoms. The zero-order valence-electron chi connectivity index (χ0n) is 15.7. The Labute approximate surface area is 163 Å². The molecule has 1 atom stereocenters. The van der Waals surface area contributed by atoms with Gasteiger partial charge in [0.15, 0.2) is 0 Å². The standard InChI is InChI=1S/C21H21N5O2/c1-25-12-21(13-26(14-21)20(27)16-7-9-22-10-8-16)11-17(25)19-23-18(24-28-19)15-5-3-2-4-6-15/h2-10,17H,11-14H2,1H3/t17-/m0/s1. The molecule has 2 fully saturated rings. The minimum Gasteiger partial charge on any atom is -0.337 e. The summed E-state index contributed by atoms with van der Waals surface area (Å²) in [5.41, 5.74) is 1.74. The molecule has 2 aliphatic rings. The second-order valence-electron chi connectivity index (χ2n) is 7.85. The predicted octanol–water partition coefficient (Wildman–Crippen LogP) is 2.65. The van der Waals surface area contributed by atoms with Gasteiger partial charge in [-0.2, -0.15) is 4.98 Å². The van der Waals surface area contributed by atoms with Crippen LogP contribution in [0.15, 0.2) is 59.4 Å². The third-order valence-electron chi connectivity index (χ3n) is 5.77. The van der Waals surface area contributed by atoms with E-state index in [0.717, 1.165) is 31.6 Å². The van der Waals surface area contributed by atoms with Crippen LogP contribution in [-0.2, 0) is 0 Å². The van der Waals surface area contributed by atoms with Gasteiger partial charge in [-0.15, -0.1) is 0 Å². The quantitative estimate of drug-likeness (QED) is 0.701. The maximum atomic E-state index is 12.6. The SMILES string of the molecule is CN1CC2(C[C@H]1c1nc(-c3ccccc3)no1)CN(C(=O)c1ccncc1)C2. The number of likely N-dealkylation sites (tertiary alicyclic amines) is 2. The van der Waals surface area contributed by atoms with E-state index in [0.29, 0.717) is 17.3 Å². The van der Waals surface area contributed by atoms with Crippen molar-refractivity contribution in [3.05, 3.63) is 66.3 Å². The normalized spacial score (nSPS) is 21.0. The summed E-state index contributed by atoms with van der Waals surface area (Å²) in [5, 5.41) is 4.16. The molecule has 2 saturated heterocycles. The summed E-state index contributed by atoms with van der Waals surface area (Å²) < 4.78 is 5.59. The number of pyridine rings is 1. The minimum absolute atomic E-state index is 0.0725. The molecular formula is C21H21N5O2. The molecule has 1 amide bonds. The molecule has 0 radical (unpaired) electrons. The molecule has 5 rings (SSSR count). The highest BCUT2D eigenvalue weighted by atomic mass is 16.5. The second kappa shape index (κ2) is 6.53. The monoisotopic (exact) mass is 375 g/mol. The highest BCUT2D eigenvalue weighted by Crippen LogP contribution is 2.47. The van der Waals surface area contributed by atoms with Gasteiger partial charge in [0.1, 0.15) is 0 Å². The predicted molar refractivity (Wildman–Crippen MR) is 102 cm³/mol. The molecule has 2 aliphatic heterocycles. The smallest absolute Gasteiger partial charge is 0.254 e. The molecule has 0 saturated carbocycles. The van der Waals surface area contributed by atoms with E-state index < -0.39 is 0 Å². The van der Waals surface area contributed by atoms with Crippen molar-refractivity contribution in [1.29, 1.82) is 0 Å². The molecule has 7 heteroatoms. The maximum Gasteiger partial charge on any atom is 0.254 e. The molecule has 0 bridgehead atoms. The maximum absolute atomic E-state index is 12.6. The molecule has 0 N–H and O–H groups in total. The van der Waals surface area contributed by atoms with E-state index in [4.69, 9.17) is 4.52 Å². The Hall–Kier alpha value is -3.06. The third kappa shape index (κ3) is 2.88. The zero-order chi connectivity index (χ0) is 19.1. The third-order valence-corrected chi connectivity index (χ3v) is 5.77. The van der Waals surface area contributed by atoms with Crippen molar-refractivity contribution in [3.63, 3.8) is 0 Å². The summed E-state index contributed by atoms with van der Waals surface area (Å²) in [6, 6.07) is 13.5. The van der Waals surface area contributed by atoms with Crippen LogP contribution in [0, 0.1) is 5.41 Å². The first-order valence-corrected chi connectivity index (χ1v) is 9.42. The number of nitrogens with zero attached hydrogens (tertiary/aromatic N) is 5. The van der Waals surface area contributed by atoms with Crippen LogP contribution < -0.4 is 0 Å². The summed E-state index contributed by atoms with van der Waals surface area (Å²) >= 11 is 0. The molecule has 1 aromatic carbocycles. The number of aromatic nitrogens is 3. The van der Waals surface area contributed by atoms with Crippen molar-refractivity contribution in [3.8, 4) is 11.4 Å². The van der Waals surface area contributed by atoms with E-state index in [1.807, 2.05) is 35.2 Å². The van der Waals surface area contributed by atoms with Gasteiger partial charge in [0.05, 0.1) is 6.04 Å². The lowest BCUT2D eigenvalue weighted by Gasteiger charge is -2.48. The fourth-order valence-corrected chi connectivity index (χ4v) is 4.43. The van der Waals surface area contributed by atoms with Crippen molar-refractivity contribution in [2.45, 2.75) is 12.5 Å². The van der Waals surface area contributed by atoms with Crippen LogP contribution in [0.2, 0.25) is 0 Å². The number of hydrogen-bond acceptors (Lipinski definition) is 6. The number of carbonyl (C=O) groups excluding carboxylic acids is 1. The Morgan fingerprint density at radius 3 is 2.61 bits per heavy atom.